The van der Waals surface area contributed by atoms with Gasteiger partial charge in [0.15, 0.2) is 15.8 Å². The predicted octanol–water partition coefficient (Wildman–Crippen LogP) is 0.171. The minimum atomic E-state index is -3.83. The summed E-state index contributed by atoms with van der Waals surface area (Å²) in [6, 6.07) is 11.9. The van der Waals surface area contributed by atoms with Crippen LogP contribution in [0, 0.1) is 12.8 Å². The summed E-state index contributed by atoms with van der Waals surface area (Å²) in [5.41, 5.74) is 18.3. The van der Waals surface area contributed by atoms with Crippen LogP contribution in [0.3, 0.4) is 0 Å². The van der Waals surface area contributed by atoms with Gasteiger partial charge in [0.25, 0.3) is 0 Å². The lowest BCUT2D eigenvalue weighted by atomic mass is 10.0. The number of hydrogen-bond acceptors (Lipinski definition) is 8. The molecule has 8 N–H and O–H groups in total. The van der Waals surface area contributed by atoms with Gasteiger partial charge < -0.3 is 32.6 Å². The first-order chi connectivity index (χ1) is 19.3. The van der Waals surface area contributed by atoms with E-state index in [1.165, 1.54) is 26.2 Å². The molecular formula is C28H40N6O6S. The molecule has 224 valence electrons. The number of benzene rings is 2. The molecule has 0 radical (unpaired) electrons. The smallest absolute Gasteiger partial charge is 0.328 e. The van der Waals surface area contributed by atoms with Gasteiger partial charge in [0, 0.05) is 13.0 Å². The minimum Gasteiger partial charge on any atom is -0.467 e. The molecule has 0 aromatic heterocycles. The van der Waals surface area contributed by atoms with E-state index in [4.69, 9.17) is 21.9 Å². The number of carbonyl (C=O) groups is 3. The average molecular weight is 589 g/mol. The third-order valence-electron chi connectivity index (χ3n) is 6.40. The molecular weight excluding hydrogens is 548 g/mol. The summed E-state index contributed by atoms with van der Waals surface area (Å²) < 4.78 is 31.2. The number of sulfone groups is 1. The minimum absolute atomic E-state index is 0.0842. The topological polar surface area (TPSA) is 209 Å². The van der Waals surface area contributed by atoms with Crippen LogP contribution in [0.15, 0.2) is 64.5 Å². The van der Waals surface area contributed by atoms with Crippen LogP contribution in [0.1, 0.15) is 30.9 Å². The van der Waals surface area contributed by atoms with E-state index in [-0.39, 0.29) is 30.2 Å². The second kappa shape index (κ2) is 15.7. The summed E-state index contributed by atoms with van der Waals surface area (Å²) in [6.07, 6.45) is 0.744. The van der Waals surface area contributed by atoms with Crippen molar-refractivity contribution in [3.05, 3.63) is 65.7 Å². The number of nitrogens with two attached hydrogens (primary N) is 3. The molecule has 0 spiro atoms. The van der Waals surface area contributed by atoms with Crippen LogP contribution in [-0.2, 0) is 35.4 Å². The number of ether oxygens (including phenoxy) is 1. The van der Waals surface area contributed by atoms with Gasteiger partial charge in [-0.1, -0.05) is 55.0 Å². The molecule has 12 nitrogen and oxygen atoms in total. The standard InChI is InChI=1S/C28H40N6O6S/c1-18-11-13-21(14-12-18)41(38,39)17-19(2)24(34-25(35)22(29)10-7-15-32-28(30)31)26(36)33-23(27(37)40-3)16-20-8-5-4-6-9-20/h4-6,8-9,11-14,19,22-24H,7,10,15-17,29H2,1-3H3,(H,33,36)(H,34,35)(H4,30,31,32)/t19?,22-,23-,24-/m0/s1. The van der Waals surface area contributed by atoms with Crippen molar-refractivity contribution >= 4 is 33.6 Å². The predicted molar refractivity (Wildman–Crippen MR) is 156 cm³/mol. The molecule has 0 fully saturated rings. The van der Waals surface area contributed by atoms with E-state index in [0.29, 0.717) is 6.42 Å². The number of nitrogens with one attached hydrogen (secondary N) is 2. The number of nitrogens with zero attached hydrogens (tertiary/aromatic N) is 1. The van der Waals surface area contributed by atoms with Gasteiger partial charge in [0.1, 0.15) is 12.1 Å². The van der Waals surface area contributed by atoms with Gasteiger partial charge in [0.2, 0.25) is 11.8 Å². The molecule has 2 aromatic rings. The first-order valence-corrected chi connectivity index (χ1v) is 14.8. The number of aryl methyl sites for hydroxylation is 1. The number of amides is 2. The maximum atomic E-state index is 13.6. The number of carbonyl (C=O) groups excluding carboxylic acids is 3. The van der Waals surface area contributed by atoms with E-state index in [0.717, 1.165) is 11.1 Å². The maximum Gasteiger partial charge on any atom is 0.328 e. The number of aliphatic imine (C=N–C) groups is 1. The second-order valence-corrected chi connectivity index (χ2v) is 11.9. The van der Waals surface area contributed by atoms with E-state index >= 15 is 0 Å². The van der Waals surface area contributed by atoms with E-state index in [1.807, 2.05) is 13.0 Å². The van der Waals surface area contributed by atoms with Gasteiger partial charge in [-0.25, -0.2) is 13.2 Å². The Morgan fingerprint density at radius 1 is 0.976 bits per heavy atom. The van der Waals surface area contributed by atoms with Gasteiger partial charge in [0.05, 0.1) is 23.8 Å². The van der Waals surface area contributed by atoms with Crippen molar-refractivity contribution in [3.8, 4) is 0 Å². The Balaban J connectivity index is 2.28. The highest BCUT2D eigenvalue weighted by atomic mass is 32.2. The molecule has 2 aromatic carbocycles. The van der Waals surface area contributed by atoms with Crippen LogP contribution in [0.5, 0.6) is 0 Å². The first kappa shape index (κ1) is 33.2. The van der Waals surface area contributed by atoms with Crippen LogP contribution < -0.4 is 27.8 Å². The van der Waals surface area contributed by atoms with Crippen LogP contribution >= 0.6 is 0 Å². The highest BCUT2D eigenvalue weighted by molar-refractivity contribution is 7.91. The lowest BCUT2D eigenvalue weighted by molar-refractivity contribution is -0.145. The summed E-state index contributed by atoms with van der Waals surface area (Å²) in [4.78, 5) is 43.0. The van der Waals surface area contributed by atoms with Crippen molar-refractivity contribution in [3.63, 3.8) is 0 Å². The summed E-state index contributed by atoms with van der Waals surface area (Å²) in [5.74, 6) is -3.52. The van der Waals surface area contributed by atoms with Crippen LogP contribution in [0.2, 0.25) is 0 Å². The SMILES string of the molecule is COC(=O)[C@H](Cc1ccccc1)NC(=O)[C@@H](NC(=O)[C@@H](N)CCCN=C(N)N)C(C)CS(=O)(=O)c1ccc(C)cc1. The molecule has 2 rings (SSSR count). The van der Waals surface area contributed by atoms with E-state index in [9.17, 15) is 22.8 Å². The number of hydrogen-bond donors (Lipinski definition) is 5. The van der Waals surface area contributed by atoms with E-state index in [1.54, 1.807) is 36.4 Å². The van der Waals surface area contributed by atoms with Crippen molar-refractivity contribution in [2.75, 3.05) is 19.4 Å². The largest absolute Gasteiger partial charge is 0.467 e. The Labute approximate surface area is 241 Å². The van der Waals surface area contributed by atoms with Crippen molar-refractivity contribution < 1.29 is 27.5 Å². The zero-order valence-corrected chi connectivity index (χ0v) is 24.4. The van der Waals surface area contributed by atoms with Gasteiger partial charge in [-0.15, -0.1) is 0 Å². The van der Waals surface area contributed by atoms with Crippen LogP contribution in [0.4, 0.5) is 0 Å². The van der Waals surface area contributed by atoms with Gasteiger partial charge >= 0.3 is 5.97 Å². The molecule has 0 heterocycles. The van der Waals surface area contributed by atoms with Crippen molar-refractivity contribution in [1.29, 1.82) is 0 Å². The fourth-order valence-electron chi connectivity index (χ4n) is 4.11. The Bertz CT molecular complexity index is 1300. The Kier molecular flexibility index (Phi) is 12.7. The van der Waals surface area contributed by atoms with Crippen molar-refractivity contribution in [1.82, 2.24) is 10.6 Å². The van der Waals surface area contributed by atoms with Gasteiger partial charge in [-0.05, 0) is 43.4 Å². The first-order valence-electron chi connectivity index (χ1n) is 13.2. The number of rotatable bonds is 15. The molecule has 0 aliphatic rings. The maximum absolute atomic E-state index is 13.6. The molecule has 13 heteroatoms. The van der Waals surface area contributed by atoms with E-state index in [2.05, 4.69) is 15.6 Å². The van der Waals surface area contributed by atoms with Crippen LogP contribution in [-0.4, -0.2) is 69.7 Å². The number of esters is 1. The average Bonchev–Trinajstić information content (AvgIpc) is 2.93. The summed E-state index contributed by atoms with van der Waals surface area (Å²) >= 11 is 0. The van der Waals surface area contributed by atoms with Gasteiger partial charge in [-0.2, -0.15) is 0 Å². The molecule has 0 aliphatic carbocycles. The Hall–Kier alpha value is -3.97. The lowest BCUT2D eigenvalue weighted by Gasteiger charge is -2.27. The summed E-state index contributed by atoms with van der Waals surface area (Å²) in [7, 11) is -2.63. The molecule has 4 atom stereocenters. The van der Waals surface area contributed by atoms with Gasteiger partial charge in [-0.3, -0.25) is 14.6 Å². The zero-order chi connectivity index (χ0) is 30.6. The van der Waals surface area contributed by atoms with E-state index < -0.39 is 57.4 Å². The highest BCUT2D eigenvalue weighted by Gasteiger charge is 2.34. The third-order valence-corrected chi connectivity index (χ3v) is 8.36. The summed E-state index contributed by atoms with van der Waals surface area (Å²) in [6.45, 7) is 3.63. The molecule has 1 unspecified atom stereocenters. The molecule has 0 saturated heterocycles. The Morgan fingerprint density at radius 2 is 1.61 bits per heavy atom. The molecule has 0 bridgehead atoms. The normalized spacial score (nSPS) is 14.1. The molecule has 0 aliphatic heterocycles. The highest BCUT2D eigenvalue weighted by Crippen LogP contribution is 2.18. The molecule has 0 saturated carbocycles. The Morgan fingerprint density at radius 3 is 2.20 bits per heavy atom. The number of methoxy groups -OCH3 is 1. The fraction of sp³-hybridized carbons (Fsp3) is 0.429. The quantitative estimate of drug-likeness (QED) is 0.0830. The third kappa shape index (κ3) is 10.8. The van der Waals surface area contributed by atoms with Crippen molar-refractivity contribution in [2.24, 2.45) is 28.1 Å². The molecule has 2 amide bonds. The lowest BCUT2D eigenvalue weighted by Crippen LogP contribution is -2.57. The second-order valence-electron chi connectivity index (χ2n) is 9.89. The monoisotopic (exact) mass is 588 g/mol. The summed E-state index contributed by atoms with van der Waals surface area (Å²) in [5, 5.41) is 5.23. The fourth-order valence-corrected chi connectivity index (χ4v) is 5.74. The van der Waals surface area contributed by atoms with Crippen molar-refractivity contribution in [2.45, 2.75) is 56.1 Å². The van der Waals surface area contributed by atoms with Crippen LogP contribution in [0.25, 0.3) is 0 Å². The number of guanidine groups is 1. The molecule has 41 heavy (non-hydrogen) atoms. The zero-order valence-electron chi connectivity index (χ0n) is 23.6.